The third kappa shape index (κ3) is 4.74. The van der Waals surface area contributed by atoms with Crippen molar-refractivity contribution < 1.29 is 9.59 Å². The summed E-state index contributed by atoms with van der Waals surface area (Å²) in [7, 11) is 0. The van der Waals surface area contributed by atoms with Crippen molar-refractivity contribution in [2.75, 3.05) is 26.2 Å². The second-order valence-electron chi connectivity index (χ2n) is 9.27. The Morgan fingerprint density at radius 2 is 1.41 bits per heavy atom. The first-order valence-electron chi connectivity index (χ1n) is 11.1. The molecule has 0 unspecified atom stereocenters. The molecule has 0 bridgehead atoms. The van der Waals surface area contributed by atoms with E-state index in [-0.39, 0.29) is 11.8 Å². The minimum absolute atomic E-state index is 0.0361. The molecule has 6 nitrogen and oxygen atoms in total. The van der Waals surface area contributed by atoms with Crippen molar-refractivity contribution in [3.05, 3.63) is 78.0 Å². The van der Waals surface area contributed by atoms with Crippen LogP contribution < -0.4 is 0 Å². The Labute approximate surface area is 189 Å². The summed E-state index contributed by atoms with van der Waals surface area (Å²) in [5, 5.41) is 4.77. The highest BCUT2D eigenvalue weighted by Gasteiger charge is 2.32. The van der Waals surface area contributed by atoms with E-state index in [1.54, 1.807) is 0 Å². The molecule has 1 aliphatic heterocycles. The zero-order chi connectivity index (χ0) is 22.7. The maximum atomic E-state index is 13.5. The number of carbonyl (C=O) groups is 2. The van der Waals surface area contributed by atoms with Gasteiger partial charge in [0.15, 0.2) is 0 Å². The highest BCUT2D eigenvalue weighted by molar-refractivity contribution is 6.00. The first-order valence-corrected chi connectivity index (χ1v) is 11.1. The second kappa shape index (κ2) is 8.99. The molecule has 0 radical (unpaired) electrons. The third-order valence-corrected chi connectivity index (χ3v) is 5.72. The van der Waals surface area contributed by atoms with Crippen molar-refractivity contribution in [2.24, 2.45) is 5.41 Å². The van der Waals surface area contributed by atoms with Crippen LogP contribution in [0.4, 0.5) is 0 Å². The predicted octanol–water partition coefficient (Wildman–Crippen LogP) is 3.93. The Hall–Kier alpha value is -3.41. The smallest absolute Gasteiger partial charge is 0.257 e. The van der Waals surface area contributed by atoms with Crippen LogP contribution in [0.3, 0.4) is 0 Å². The van der Waals surface area contributed by atoms with Crippen molar-refractivity contribution in [1.29, 1.82) is 0 Å². The molecule has 6 heteroatoms. The van der Waals surface area contributed by atoms with Crippen LogP contribution in [0.2, 0.25) is 0 Å². The number of nitrogens with zero attached hydrogens (tertiary/aromatic N) is 4. The van der Waals surface area contributed by atoms with Gasteiger partial charge in [-0.1, -0.05) is 81.4 Å². The van der Waals surface area contributed by atoms with Crippen molar-refractivity contribution in [3.63, 3.8) is 0 Å². The average Bonchev–Trinajstić information content (AvgIpc) is 3.22. The molecule has 0 saturated carbocycles. The average molecular weight is 431 g/mol. The van der Waals surface area contributed by atoms with Gasteiger partial charge in [-0.2, -0.15) is 5.10 Å². The van der Waals surface area contributed by atoms with Crippen molar-refractivity contribution >= 4 is 11.8 Å². The number of hydrogen-bond acceptors (Lipinski definition) is 3. The lowest BCUT2D eigenvalue weighted by Crippen LogP contribution is -2.53. The van der Waals surface area contributed by atoms with E-state index in [9.17, 15) is 9.59 Å². The van der Waals surface area contributed by atoms with Gasteiger partial charge >= 0.3 is 0 Å². The van der Waals surface area contributed by atoms with Gasteiger partial charge in [0.05, 0.1) is 12.1 Å². The molecule has 0 spiro atoms. The predicted molar refractivity (Wildman–Crippen MR) is 125 cm³/mol. The fourth-order valence-corrected chi connectivity index (χ4v) is 4.00. The Kier molecular flexibility index (Phi) is 6.12. The molecule has 1 aromatic heterocycles. The van der Waals surface area contributed by atoms with Gasteiger partial charge in [0, 0.05) is 43.4 Å². The van der Waals surface area contributed by atoms with Crippen LogP contribution in [-0.4, -0.2) is 57.6 Å². The summed E-state index contributed by atoms with van der Waals surface area (Å²) in [6, 6.07) is 19.9. The monoisotopic (exact) mass is 430 g/mol. The molecule has 1 fully saturated rings. The zero-order valence-electron chi connectivity index (χ0n) is 19.0. The number of aromatic nitrogens is 2. The second-order valence-corrected chi connectivity index (χ2v) is 9.27. The van der Waals surface area contributed by atoms with Crippen LogP contribution >= 0.6 is 0 Å². The van der Waals surface area contributed by atoms with Crippen LogP contribution in [0.15, 0.2) is 66.9 Å². The Balaban J connectivity index is 1.57. The van der Waals surface area contributed by atoms with E-state index >= 15 is 0 Å². The highest BCUT2D eigenvalue weighted by Crippen LogP contribution is 2.25. The number of benzene rings is 2. The first kappa shape index (κ1) is 21.8. The van der Waals surface area contributed by atoms with Gasteiger partial charge in [0.1, 0.15) is 5.69 Å². The standard InChI is InChI=1S/C26H30N4O2/c1-26(2,3)25(32)29-16-14-28(15-17-29)24(31)22-19-30(18-20-10-6-4-7-11-20)27-23(22)21-12-8-5-9-13-21/h4-13,19H,14-18H2,1-3H3. The van der Waals surface area contributed by atoms with Gasteiger partial charge in [0.2, 0.25) is 5.91 Å². The van der Waals surface area contributed by atoms with Crippen molar-refractivity contribution in [2.45, 2.75) is 27.3 Å². The van der Waals surface area contributed by atoms with Crippen molar-refractivity contribution in [3.8, 4) is 11.3 Å². The van der Waals surface area contributed by atoms with Gasteiger partial charge in [-0.25, -0.2) is 0 Å². The molecule has 32 heavy (non-hydrogen) atoms. The third-order valence-electron chi connectivity index (χ3n) is 5.72. The molecule has 2 heterocycles. The van der Waals surface area contributed by atoms with Gasteiger partial charge in [-0.05, 0) is 5.56 Å². The zero-order valence-corrected chi connectivity index (χ0v) is 19.0. The van der Waals surface area contributed by atoms with Crippen LogP contribution in [0.25, 0.3) is 11.3 Å². The van der Waals surface area contributed by atoms with Gasteiger partial charge < -0.3 is 9.80 Å². The number of piperazine rings is 1. The summed E-state index contributed by atoms with van der Waals surface area (Å²) in [6.45, 7) is 8.56. The molecule has 2 aromatic carbocycles. The molecule has 3 aromatic rings. The number of hydrogen-bond donors (Lipinski definition) is 0. The minimum atomic E-state index is -0.411. The van der Waals surface area contributed by atoms with E-state index in [1.807, 2.05) is 90.0 Å². The maximum absolute atomic E-state index is 13.5. The van der Waals surface area contributed by atoms with Crippen molar-refractivity contribution in [1.82, 2.24) is 19.6 Å². The molecule has 0 N–H and O–H groups in total. The topological polar surface area (TPSA) is 58.4 Å². The Bertz CT molecular complexity index is 1080. The SMILES string of the molecule is CC(C)(C)C(=O)N1CCN(C(=O)c2cn(Cc3ccccc3)nc2-c2ccccc2)CC1. The molecular weight excluding hydrogens is 400 g/mol. The summed E-state index contributed by atoms with van der Waals surface area (Å²) in [5.41, 5.74) is 2.93. The lowest BCUT2D eigenvalue weighted by atomic mass is 9.94. The molecule has 0 atom stereocenters. The lowest BCUT2D eigenvalue weighted by Gasteiger charge is -2.37. The molecule has 2 amide bonds. The normalized spacial score (nSPS) is 14.5. The summed E-state index contributed by atoms with van der Waals surface area (Å²) >= 11 is 0. The lowest BCUT2D eigenvalue weighted by molar-refractivity contribution is -0.140. The van der Waals surface area contributed by atoms with Gasteiger partial charge in [-0.15, -0.1) is 0 Å². The molecule has 4 rings (SSSR count). The van der Waals surface area contributed by atoms with E-state index in [0.29, 0.717) is 44.0 Å². The Morgan fingerprint density at radius 1 is 0.844 bits per heavy atom. The molecule has 1 saturated heterocycles. The van der Waals surface area contributed by atoms with Crippen LogP contribution in [-0.2, 0) is 11.3 Å². The number of carbonyl (C=O) groups excluding carboxylic acids is 2. The minimum Gasteiger partial charge on any atom is -0.339 e. The summed E-state index contributed by atoms with van der Waals surface area (Å²) in [6.07, 6.45) is 1.85. The van der Waals surface area contributed by atoms with E-state index in [4.69, 9.17) is 5.10 Å². The van der Waals surface area contributed by atoms with Crippen LogP contribution in [0, 0.1) is 5.41 Å². The summed E-state index contributed by atoms with van der Waals surface area (Å²) in [4.78, 5) is 29.8. The highest BCUT2D eigenvalue weighted by atomic mass is 16.2. The van der Waals surface area contributed by atoms with Gasteiger partial charge in [0.25, 0.3) is 5.91 Å². The maximum Gasteiger partial charge on any atom is 0.257 e. The molecule has 0 aliphatic carbocycles. The van der Waals surface area contributed by atoms with E-state index in [0.717, 1.165) is 11.1 Å². The van der Waals surface area contributed by atoms with E-state index in [1.165, 1.54) is 0 Å². The molecular formula is C26H30N4O2. The summed E-state index contributed by atoms with van der Waals surface area (Å²) < 4.78 is 1.84. The van der Waals surface area contributed by atoms with E-state index < -0.39 is 5.41 Å². The fraction of sp³-hybridized carbons (Fsp3) is 0.346. The summed E-state index contributed by atoms with van der Waals surface area (Å²) in [5.74, 6) is 0.0938. The number of rotatable bonds is 4. The van der Waals surface area contributed by atoms with Gasteiger partial charge in [-0.3, -0.25) is 14.3 Å². The largest absolute Gasteiger partial charge is 0.339 e. The first-order chi connectivity index (χ1) is 15.3. The molecule has 166 valence electrons. The van der Waals surface area contributed by atoms with Crippen LogP contribution in [0.1, 0.15) is 36.7 Å². The number of amides is 2. The quantitative estimate of drug-likeness (QED) is 0.630. The van der Waals surface area contributed by atoms with Crippen LogP contribution in [0.5, 0.6) is 0 Å². The Morgan fingerprint density at radius 3 is 2.00 bits per heavy atom. The van der Waals surface area contributed by atoms with E-state index in [2.05, 4.69) is 12.1 Å². The fourth-order valence-electron chi connectivity index (χ4n) is 4.00. The molecule has 1 aliphatic rings.